The molecule has 1 N–H and O–H groups in total. The third kappa shape index (κ3) is 4.07. The van der Waals surface area contributed by atoms with Gasteiger partial charge in [0.15, 0.2) is 0 Å². The number of nitro benzene ring substituents is 1. The van der Waals surface area contributed by atoms with Crippen LogP contribution in [0.25, 0.3) is 0 Å². The zero-order chi connectivity index (χ0) is 13.5. The number of amides is 1. The van der Waals surface area contributed by atoms with Gasteiger partial charge >= 0.3 is 0 Å². The van der Waals surface area contributed by atoms with Crippen molar-refractivity contribution in [2.24, 2.45) is 0 Å². The van der Waals surface area contributed by atoms with Gasteiger partial charge in [0.25, 0.3) is 11.6 Å². The van der Waals surface area contributed by atoms with Gasteiger partial charge in [-0.25, -0.2) is 0 Å². The summed E-state index contributed by atoms with van der Waals surface area (Å²) in [6.45, 7) is 0.420. The van der Waals surface area contributed by atoms with Gasteiger partial charge in [-0.05, 0) is 12.5 Å². The zero-order valence-corrected chi connectivity index (χ0v) is 10.2. The second kappa shape index (κ2) is 6.62. The molecule has 0 radical (unpaired) electrons. The molecule has 18 heavy (non-hydrogen) atoms. The Morgan fingerprint density at radius 1 is 1.50 bits per heavy atom. The highest BCUT2D eigenvalue weighted by Crippen LogP contribution is 2.20. The molecular weight excluding hydrogens is 256 g/mol. The third-order valence-corrected chi connectivity index (χ3v) is 2.36. The van der Waals surface area contributed by atoms with Crippen LogP contribution in [0.5, 0.6) is 0 Å². The molecule has 0 saturated carbocycles. The first kappa shape index (κ1) is 14.0. The summed E-state index contributed by atoms with van der Waals surface area (Å²) in [6.07, 6.45) is 6.30. The number of nitrogens with one attached hydrogen (secondary N) is 1. The largest absolute Gasteiger partial charge is 0.352 e. The number of carbonyl (C=O) groups is 1. The standard InChI is InChI=1S/C12H11ClN2O3/c1-2-3-4-5-14-12(16)9-6-10(13)8-11(7-9)15(17)18/h1,6-8H,3-5H2,(H,14,16). The summed E-state index contributed by atoms with van der Waals surface area (Å²) in [7, 11) is 0. The summed E-state index contributed by atoms with van der Waals surface area (Å²) in [6, 6.07) is 3.75. The van der Waals surface area contributed by atoms with Crippen LogP contribution in [0.1, 0.15) is 23.2 Å². The average Bonchev–Trinajstić information content (AvgIpc) is 2.33. The molecule has 0 saturated heterocycles. The molecule has 0 atom stereocenters. The fraction of sp³-hybridized carbons (Fsp3) is 0.250. The minimum absolute atomic E-state index is 0.151. The molecule has 0 spiro atoms. The van der Waals surface area contributed by atoms with Crippen LogP contribution in [-0.4, -0.2) is 17.4 Å². The predicted octanol–water partition coefficient (Wildman–Crippen LogP) is 2.39. The van der Waals surface area contributed by atoms with E-state index in [1.807, 2.05) is 0 Å². The van der Waals surface area contributed by atoms with Crippen molar-refractivity contribution in [3.8, 4) is 12.3 Å². The maximum absolute atomic E-state index is 11.7. The molecule has 0 aliphatic heterocycles. The number of nitro groups is 1. The van der Waals surface area contributed by atoms with Gasteiger partial charge in [-0.15, -0.1) is 12.3 Å². The Hall–Kier alpha value is -2.06. The Morgan fingerprint density at radius 2 is 2.22 bits per heavy atom. The first-order valence-electron chi connectivity index (χ1n) is 5.21. The van der Waals surface area contributed by atoms with Crippen molar-refractivity contribution < 1.29 is 9.72 Å². The molecule has 1 amide bonds. The van der Waals surface area contributed by atoms with Crippen molar-refractivity contribution in [3.63, 3.8) is 0 Å². The number of halogens is 1. The van der Waals surface area contributed by atoms with Crippen LogP contribution in [0.3, 0.4) is 0 Å². The highest BCUT2D eigenvalue weighted by molar-refractivity contribution is 6.31. The molecular formula is C12H11ClN2O3. The predicted molar refractivity (Wildman–Crippen MR) is 68.5 cm³/mol. The van der Waals surface area contributed by atoms with E-state index in [1.165, 1.54) is 18.2 Å². The highest BCUT2D eigenvalue weighted by atomic mass is 35.5. The Morgan fingerprint density at radius 3 is 2.83 bits per heavy atom. The van der Waals surface area contributed by atoms with Crippen LogP contribution in [0, 0.1) is 22.5 Å². The van der Waals surface area contributed by atoms with E-state index >= 15 is 0 Å². The SMILES string of the molecule is C#CCCCNC(=O)c1cc(Cl)cc([N+](=O)[O-])c1. The molecule has 0 aliphatic carbocycles. The lowest BCUT2D eigenvalue weighted by Crippen LogP contribution is -2.24. The number of nitrogens with zero attached hydrogens (tertiary/aromatic N) is 1. The summed E-state index contributed by atoms with van der Waals surface area (Å²) in [4.78, 5) is 21.7. The summed E-state index contributed by atoms with van der Waals surface area (Å²) in [5, 5.41) is 13.4. The average molecular weight is 267 g/mol. The van der Waals surface area contributed by atoms with Crippen LogP contribution in [-0.2, 0) is 0 Å². The van der Waals surface area contributed by atoms with Crippen LogP contribution < -0.4 is 5.32 Å². The van der Waals surface area contributed by atoms with Crippen molar-refractivity contribution in [2.75, 3.05) is 6.54 Å². The van der Waals surface area contributed by atoms with Gasteiger partial charge in [-0.1, -0.05) is 11.6 Å². The molecule has 94 valence electrons. The number of rotatable bonds is 5. The van der Waals surface area contributed by atoms with Crippen molar-refractivity contribution in [2.45, 2.75) is 12.8 Å². The molecule has 0 bridgehead atoms. The lowest BCUT2D eigenvalue weighted by molar-refractivity contribution is -0.384. The summed E-state index contributed by atoms with van der Waals surface area (Å²) in [5.74, 6) is 2.05. The second-order valence-corrected chi connectivity index (χ2v) is 3.96. The normalized spacial score (nSPS) is 9.56. The molecule has 6 heteroatoms. The first-order valence-corrected chi connectivity index (χ1v) is 5.59. The Labute approximate surface area is 109 Å². The van der Waals surface area contributed by atoms with Crippen molar-refractivity contribution in [1.29, 1.82) is 0 Å². The van der Waals surface area contributed by atoms with Crippen molar-refractivity contribution in [3.05, 3.63) is 38.9 Å². The van der Waals surface area contributed by atoms with Gasteiger partial charge in [0.1, 0.15) is 0 Å². The van der Waals surface area contributed by atoms with E-state index in [0.717, 1.165) is 0 Å². The van der Waals surface area contributed by atoms with E-state index in [1.54, 1.807) is 0 Å². The Bertz CT molecular complexity index is 509. The number of terminal acetylenes is 1. The summed E-state index contributed by atoms with van der Waals surface area (Å²) < 4.78 is 0. The topological polar surface area (TPSA) is 72.2 Å². The fourth-order valence-electron chi connectivity index (χ4n) is 1.31. The minimum atomic E-state index is -0.596. The van der Waals surface area contributed by atoms with E-state index < -0.39 is 10.8 Å². The van der Waals surface area contributed by atoms with Crippen LogP contribution in [0.15, 0.2) is 18.2 Å². The number of benzene rings is 1. The van der Waals surface area contributed by atoms with E-state index in [2.05, 4.69) is 11.2 Å². The van der Waals surface area contributed by atoms with Gasteiger partial charge in [0.2, 0.25) is 0 Å². The molecule has 1 aromatic rings. The molecule has 0 aliphatic rings. The minimum Gasteiger partial charge on any atom is -0.352 e. The molecule has 0 unspecified atom stereocenters. The van der Waals surface area contributed by atoms with Gasteiger partial charge in [-0.2, -0.15) is 0 Å². The summed E-state index contributed by atoms with van der Waals surface area (Å²) in [5.41, 5.74) is -0.0498. The van der Waals surface area contributed by atoms with Crippen LogP contribution >= 0.6 is 11.6 Å². The first-order chi connectivity index (χ1) is 8.54. The van der Waals surface area contributed by atoms with Crippen LogP contribution in [0.2, 0.25) is 5.02 Å². The summed E-state index contributed by atoms with van der Waals surface area (Å²) >= 11 is 5.71. The smallest absolute Gasteiger partial charge is 0.271 e. The number of hydrogen-bond donors (Lipinski definition) is 1. The fourth-order valence-corrected chi connectivity index (χ4v) is 1.53. The highest BCUT2D eigenvalue weighted by Gasteiger charge is 2.13. The Balaban J connectivity index is 2.74. The Kier molecular flexibility index (Phi) is 5.15. The molecule has 0 aromatic heterocycles. The van der Waals surface area contributed by atoms with E-state index in [0.29, 0.717) is 19.4 Å². The maximum Gasteiger partial charge on any atom is 0.271 e. The quantitative estimate of drug-likeness (QED) is 0.385. The molecule has 5 nitrogen and oxygen atoms in total. The van der Waals surface area contributed by atoms with Gasteiger partial charge in [0, 0.05) is 35.7 Å². The van der Waals surface area contributed by atoms with E-state index in [9.17, 15) is 14.9 Å². The van der Waals surface area contributed by atoms with Crippen LogP contribution in [0.4, 0.5) is 5.69 Å². The molecule has 0 heterocycles. The number of carbonyl (C=O) groups excluding carboxylic acids is 1. The second-order valence-electron chi connectivity index (χ2n) is 3.52. The zero-order valence-electron chi connectivity index (χ0n) is 9.48. The van der Waals surface area contributed by atoms with E-state index in [-0.39, 0.29) is 16.3 Å². The number of hydrogen-bond acceptors (Lipinski definition) is 3. The lowest BCUT2D eigenvalue weighted by Gasteiger charge is -2.04. The molecule has 1 aromatic carbocycles. The monoisotopic (exact) mass is 266 g/mol. The lowest BCUT2D eigenvalue weighted by atomic mass is 10.2. The van der Waals surface area contributed by atoms with Gasteiger partial charge in [0.05, 0.1) is 4.92 Å². The number of unbranched alkanes of at least 4 members (excludes halogenated alkanes) is 1. The van der Waals surface area contributed by atoms with Gasteiger partial charge in [-0.3, -0.25) is 14.9 Å². The third-order valence-electron chi connectivity index (χ3n) is 2.14. The van der Waals surface area contributed by atoms with Gasteiger partial charge < -0.3 is 5.32 Å². The maximum atomic E-state index is 11.7. The van der Waals surface area contributed by atoms with Crippen molar-refractivity contribution >= 4 is 23.2 Å². The molecule has 0 fully saturated rings. The van der Waals surface area contributed by atoms with E-state index in [4.69, 9.17) is 18.0 Å². The molecule has 1 rings (SSSR count). The van der Waals surface area contributed by atoms with Crippen molar-refractivity contribution in [1.82, 2.24) is 5.32 Å². The number of non-ortho nitro benzene ring substituents is 1.